The quantitative estimate of drug-likeness (QED) is 0.444. The van der Waals surface area contributed by atoms with Gasteiger partial charge in [-0.15, -0.1) is 0 Å². The summed E-state index contributed by atoms with van der Waals surface area (Å²) in [5, 5.41) is 10.0. The summed E-state index contributed by atoms with van der Waals surface area (Å²) in [6.45, 7) is 1.82. The van der Waals surface area contributed by atoms with Crippen molar-refractivity contribution in [1.29, 1.82) is 0 Å². The van der Waals surface area contributed by atoms with E-state index in [-0.39, 0.29) is 6.10 Å². The van der Waals surface area contributed by atoms with Gasteiger partial charge in [0, 0.05) is 0 Å². The molecule has 4 heteroatoms. The summed E-state index contributed by atoms with van der Waals surface area (Å²) in [6.07, 6.45) is -0.524. The Balaban J connectivity index is 2.35. The van der Waals surface area contributed by atoms with Crippen molar-refractivity contribution in [1.82, 2.24) is 0 Å². The summed E-state index contributed by atoms with van der Waals surface area (Å²) in [7, 11) is 0. The molecule has 1 saturated heterocycles. The van der Waals surface area contributed by atoms with Gasteiger partial charge in [-0.25, -0.2) is 9.78 Å². The van der Waals surface area contributed by atoms with E-state index < -0.39 is 12.1 Å². The van der Waals surface area contributed by atoms with Gasteiger partial charge in [-0.3, -0.25) is 0 Å². The average Bonchev–Trinajstić information content (AvgIpc) is 1.61. The second-order valence-electron chi connectivity index (χ2n) is 1.88. The molecule has 0 N–H and O–H groups in total. The number of hydrogen-bond acceptors (Lipinski definition) is 4. The van der Waals surface area contributed by atoms with Crippen molar-refractivity contribution >= 4 is 5.97 Å². The van der Waals surface area contributed by atoms with Crippen LogP contribution in [0.3, 0.4) is 0 Å². The minimum atomic E-state index is -1.20. The molecule has 0 radical (unpaired) electrons. The normalized spacial score (nSPS) is 33.4. The molecule has 0 amide bonds. The summed E-state index contributed by atoms with van der Waals surface area (Å²) < 4.78 is 0. The maximum atomic E-state index is 10.0. The Bertz CT molecular complexity index is 120. The molecule has 52 valence electrons. The van der Waals surface area contributed by atoms with Crippen molar-refractivity contribution in [3.63, 3.8) is 0 Å². The molecular weight excluding hydrogens is 124 g/mol. The van der Waals surface area contributed by atoms with Gasteiger partial charge in [-0.05, 0) is 6.42 Å². The Morgan fingerprint density at radius 1 is 1.67 bits per heavy atom. The third-order valence-electron chi connectivity index (χ3n) is 1.26. The Morgan fingerprint density at radius 2 is 2.33 bits per heavy atom. The summed E-state index contributed by atoms with van der Waals surface area (Å²) in [5.41, 5.74) is 0. The Hall–Kier alpha value is -0.610. The summed E-state index contributed by atoms with van der Waals surface area (Å²) in [4.78, 5) is 18.7. The molecule has 0 aliphatic carbocycles. The molecule has 0 spiro atoms. The molecule has 0 aromatic heterocycles. The molecule has 9 heavy (non-hydrogen) atoms. The lowest BCUT2D eigenvalue weighted by molar-refractivity contribution is -0.471. The Labute approximate surface area is 52.3 Å². The summed E-state index contributed by atoms with van der Waals surface area (Å²) >= 11 is 0. The average molecular weight is 131 g/mol. The zero-order valence-corrected chi connectivity index (χ0v) is 4.99. The smallest absolute Gasteiger partial charge is 0.161 e. The molecule has 2 unspecified atom stereocenters. The maximum absolute atomic E-state index is 10.0. The van der Waals surface area contributed by atoms with Crippen molar-refractivity contribution in [3.05, 3.63) is 0 Å². The van der Waals surface area contributed by atoms with Gasteiger partial charge in [0.2, 0.25) is 0 Å². The lowest BCUT2D eigenvalue weighted by Gasteiger charge is -2.34. The van der Waals surface area contributed by atoms with Crippen LogP contribution >= 0.6 is 0 Å². The van der Waals surface area contributed by atoms with Crippen LogP contribution in [0.1, 0.15) is 13.3 Å². The van der Waals surface area contributed by atoms with Crippen LogP contribution in [0.4, 0.5) is 0 Å². The summed E-state index contributed by atoms with van der Waals surface area (Å²) in [5.74, 6) is -1.20. The van der Waals surface area contributed by atoms with Gasteiger partial charge in [0.15, 0.2) is 6.10 Å². The highest BCUT2D eigenvalue weighted by molar-refractivity contribution is 5.71. The van der Waals surface area contributed by atoms with Crippen LogP contribution in [0.25, 0.3) is 0 Å². The molecular formula is C5H7O4-. The van der Waals surface area contributed by atoms with Gasteiger partial charge in [0.25, 0.3) is 0 Å². The zero-order valence-electron chi connectivity index (χ0n) is 4.99. The van der Waals surface area contributed by atoms with E-state index in [1.165, 1.54) is 0 Å². The Kier molecular flexibility index (Phi) is 1.68. The van der Waals surface area contributed by atoms with Crippen LogP contribution < -0.4 is 5.11 Å². The number of aliphatic carboxylic acids is 1. The highest BCUT2D eigenvalue weighted by Crippen LogP contribution is 2.18. The van der Waals surface area contributed by atoms with Gasteiger partial charge in [0.1, 0.15) is 6.10 Å². The van der Waals surface area contributed by atoms with Crippen LogP contribution in [0.2, 0.25) is 0 Å². The van der Waals surface area contributed by atoms with E-state index >= 15 is 0 Å². The lowest BCUT2D eigenvalue weighted by atomic mass is 10.1. The highest BCUT2D eigenvalue weighted by Gasteiger charge is 2.34. The molecule has 1 heterocycles. The number of carbonyl (C=O) groups excluding carboxylic acids is 1. The number of carboxylic acid groups (broad SMARTS) is 1. The van der Waals surface area contributed by atoms with Gasteiger partial charge in [-0.2, -0.15) is 0 Å². The third-order valence-corrected chi connectivity index (χ3v) is 1.26. The topological polar surface area (TPSA) is 58.6 Å². The van der Waals surface area contributed by atoms with Crippen LogP contribution in [0.15, 0.2) is 0 Å². The first-order valence-electron chi connectivity index (χ1n) is 2.78. The molecule has 1 fully saturated rings. The van der Waals surface area contributed by atoms with Crippen LogP contribution in [0, 0.1) is 0 Å². The van der Waals surface area contributed by atoms with E-state index in [0.717, 1.165) is 0 Å². The van der Waals surface area contributed by atoms with E-state index in [1.807, 2.05) is 6.92 Å². The minimum Gasteiger partial charge on any atom is -0.547 e. The monoisotopic (exact) mass is 131 g/mol. The zero-order chi connectivity index (χ0) is 6.85. The van der Waals surface area contributed by atoms with Gasteiger partial charge in [-0.1, -0.05) is 6.92 Å². The lowest BCUT2D eigenvalue weighted by Crippen LogP contribution is -2.53. The number of carbonyl (C=O) groups is 1. The van der Waals surface area contributed by atoms with Crippen molar-refractivity contribution in [2.45, 2.75) is 25.6 Å². The van der Waals surface area contributed by atoms with E-state index in [1.54, 1.807) is 0 Å². The van der Waals surface area contributed by atoms with E-state index in [2.05, 4.69) is 9.78 Å². The molecule has 0 saturated carbocycles. The fraction of sp³-hybridized carbons (Fsp3) is 0.800. The van der Waals surface area contributed by atoms with Gasteiger partial charge >= 0.3 is 0 Å². The van der Waals surface area contributed by atoms with Gasteiger partial charge in [0.05, 0.1) is 5.97 Å². The van der Waals surface area contributed by atoms with Crippen molar-refractivity contribution in [3.8, 4) is 0 Å². The minimum absolute atomic E-state index is 0.310. The van der Waals surface area contributed by atoms with E-state index in [4.69, 9.17) is 0 Å². The fourth-order valence-corrected chi connectivity index (χ4v) is 0.663. The second-order valence-corrected chi connectivity index (χ2v) is 1.88. The molecule has 4 nitrogen and oxygen atoms in total. The van der Waals surface area contributed by atoms with E-state index in [0.29, 0.717) is 6.42 Å². The predicted molar refractivity (Wildman–Crippen MR) is 25.0 cm³/mol. The molecule has 1 aliphatic rings. The molecule has 0 bridgehead atoms. The molecule has 0 aromatic carbocycles. The van der Waals surface area contributed by atoms with Crippen molar-refractivity contribution in [2.24, 2.45) is 0 Å². The van der Waals surface area contributed by atoms with Crippen LogP contribution in [0.5, 0.6) is 0 Å². The summed E-state index contributed by atoms with van der Waals surface area (Å²) in [6, 6.07) is 0. The molecule has 2 atom stereocenters. The van der Waals surface area contributed by atoms with Gasteiger partial charge < -0.3 is 9.90 Å². The molecule has 1 rings (SSSR count). The van der Waals surface area contributed by atoms with Crippen molar-refractivity contribution in [2.75, 3.05) is 0 Å². The van der Waals surface area contributed by atoms with E-state index in [9.17, 15) is 9.90 Å². The van der Waals surface area contributed by atoms with Crippen LogP contribution in [-0.4, -0.2) is 18.2 Å². The fourth-order valence-electron chi connectivity index (χ4n) is 0.663. The predicted octanol–water partition coefficient (Wildman–Crippen LogP) is -1.15. The maximum Gasteiger partial charge on any atom is 0.161 e. The first-order chi connectivity index (χ1) is 4.25. The molecule has 1 aliphatic heterocycles. The standard InChI is InChI=1S/C5H8O4/c1-2-3-4(5(6)7)9-8-3/h3-4H,2H2,1H3,(H,6,7)/p-1. The first-order valence-corrected chi connectivity index (χ1v) is 2.78. The third kappa shape index (κ3) is 1.04. The Morgan fingerprint density at radius 3 is 2.44 bits per heavy atom. The highest BCUT2D eigenvalue weighted by atomic mass is 17.2. The number of rotatable bonds is 2. The number of hydrogen-bond donors (Lipinski definition) is 0. The van der Waals surface area contributed by atoms with Crippen molar-refractivity contribution < 1.29 is 19.7 Å². The largest absolute Gasteiger partial charge is 0.547 e. The molecule has 0 aromatic rings. The number of carboxylic acids is 1. The second kappa shape index (κ2) is 2.33. The SMILES string of the molecule is CCC1OOC1C(=O)[O-]. The van der Waals surface area contributed by atoms with Crippen LogP contribution in [-0.2, 0) is 14.6 Å². The first kappa shape index (κ1) is 6.51.